The minimum absolute atomic E-state index is 0.168. The number of sulfonamides is 1. The van der Waals surface area contributed by atoms with Crippen molar-refractivity contribution in [1.82, 2.24) is 9.21 Å². The van der Waals surface area contributed by atoms with Gasteiger partial charge in [-0.15, -0.1) is 0 Å². The fourth-order valence-electron chi connectivity index (χ4n) is 4.41. The van der Waals surface area contributed by atoms with Crippen LogP contribution in [0.15, 0.2) is 59.5 Å². The molecular formula is C23H29N3O4S. The third kappa shape index (κ3) is 4.20. The molecule has 2 aromatic carbocycles. The highest BCUT2D eigenvalue weighted by Crippen LogP contribution is 2.38. The molecule has 0 saturated carbocycles. The highest BCUT2D eigenvalue weighted by Gasteiger charge is 2.51. The quantitative estimate of drug-likeness (QED) is 0.778. The van der Waals surface area contributed by atoms with Gasteiger partial charge in [0.1, 0.15) is 5.72 Å². The molecule has 2 aliphatic heterocycles. The molecule has 0 radical (unpaired) electrons. The Kier molecular flexibility index (Phi) is 6.05. The number of likely N-dealkylation sites (tertiary alicyclic amines) is 1. The minimum Gasteiger partial charge on any atom is -0.358 e. The molecule has 31 heavy (non-hydrogen) atoms. The van der Waals surface area contributed by atoms with Crippen molar-refractivity contribution in [2.45, 2.75) is 43.2 Å². The fraction of sp³-hybridized carbons (Fsp3) is 0.435. The maximum Gasteiger partial charge on any atom is 0.321 e. The number of rotatable bonds is 4. The molecule has 7 nitrogen and oxygen atoms in total. The van der Waals surface area contributed by atoms with Crippen LogP contribution in [0.5, 0.6) is 0 Å². The summed E-state index contributed by atoms with van der Waals surface area (Å²) in [4.78, 5) is 14.9. The average molecular weight is 444 g/mol. The third-order valence-corrected chi connectivity index (χ3v) is 8.07. The Morgan fingerprint density at radius 2 is 1.65 bits per heavy atom. The highest BCUT2D eigenvalue weighted by atomic mass is 32.2. The number of urea groups is 1. The van der Waals surface area contributed by atoms with E-state index in [4.69, 9.17) is 4.74 Å². The van der Waals surface area contributed by atoms with Crippen molar-refractivity contribution < 1.29 is 17.9 Å². The Labute approximate surface area is 184 Å². The van der Waals surface area contributed by atoms with Crippen molar-refractivity contribution in [3.8, 4) is 0 Å². The van der Waals surface area contributed by atoms with Crippen molar-refractivity contribution in [2.75, 3.05) is 31.6 Å². The van der Waals surface area contributed by atoms with E-state index in [1.54, 1.807) is 35.2 Å². The maximum absolute atomic E-state index is 13.2. The zero-order valence-electron chi connectivity index (χ0n) is 18.0. The first kappa shape index (κ1) is 21.8. The van der Waals surface area contributed by atoms with E-state index >= 15 is 0 Å². The standard InChI is InChI=1S/C23H29N3O4S/c1-18(2)20-10-6-7-11-21(20)24-22(27)25-14-12-23(13-15-25)26(16-17-30-23)31(28,29)19-8-4-3-5-9-19/h3-11,18H,12-17H2,1-2H3,(H,24,27). The Morgan fingerprint density at radius 1 is 1.00 bits per heavy atom. The first-order chi connectivity index (χ1) is 14.8. The summed E-state index contributed by atoms with van der Waals surface area (Å²) >= 11 is 0. The summed E-state index contributed by atoms with van der Waals surface area (Å²) in [6, 6.07) is 16.1. The topological polar surface area (TPSA) is 79.0 Å². The summed E-state index contributed by atoms with van der Waals surface area (Å²) in [5.74, 6) is 0.296. The molecule has 2 fully saturated rings. The lowest BCUT2D eigenvalue weighted by molar-refractivity contribution is -0.0840. The van der Waals surface area contributed by atoms with Gasteiger partial charge in [-0.05, 0) is 29.7 Å². The molecule has 2 saturated heterocycles. The summed E-state index contributed by atoms with van der Waals surface area (Å²) in [5, 5.41) is 3.02. The number of carbonyl (C=O) groups excluding carboxylic acids is 1. The summed E-state index contributed by atoms with van der Waals surface area (Å²) in [6.45, 7) is 5.72. The van der Waals surface area contributed by atoms with Gasteiger partial charge in [-0.3, -0.25) is 0 Å². The Hall–Kier alpha value is -2.42. The number of benzene rings is 2. The molecule has 1 spiro atoms. The Morgan fingerprint density at radius 3 is 2.32 bits per heavy atom. The van der Waals surface area contributed by atoms with Gasteiger partial charge in [0.15, 0.2) is 0 Å². The molecule has 2 aromatic rings. The van der Waals surface area contributed by atoms with E-state index < -0.39 is 15.7 Å². The van der Waals surface area contributed by atoms with E-state index in [-0.39, 0.29) is 10.9 Å². The summed E-state index contributed by atoms with van der Waals surface area (Å²) in [7, 11) is -3.66. The number of amides is 2. The fourth-order valence-corrected chi connectivity index (χ4v) is 6.16. The van der Waals surface area contributed by atoms with Crippen molar-refractivity contribution >= 4 is 21.7 Å². The van der Waals surface area contributed by atoms with Gasteiger partial charge in [-0.25, -0.2) is 13.2 Å². The summed E-state index contributed by atoms with van der Waals surface area (Å²) < 4.78 is 33.9. The first-order valence-corrected chi connectivity index (χ1v) is 12.1. The predicted octanol–water partition coefficient (Wildman–Crippen LogP) is 3.86. The van der Waals surface area contributed by atoms with Crippen molar-refractivity contribution in [1.29, 1.82) is 0 Å². The van der Waals surface area contributed by atoms with Crippen molar-refractivity contribution in [3.63, 3.8) is 0 Å². The van der Waals surface area contributed by atoms with Gasteiger partial charge in [0.05, 0.1) is 11.5 Å². The first-order valence-electron chi connectivity index (χ1n) is 10.7. The molecule has 2 amide bonds. The predicted molar refractivity (Wildman–Crippen MR) is 119 cm³/mol. The van der Waals surface area contributed by atoms with Crippen LogP contribution in [-0.2, 0) is 14.8 Å². The van der Waals surface area contributed by atoms with Gasteiger partial charge < -0.3 is 15.0 Å². The molecular weight excluding hydrogens is 414 g/mol. The zero-order valence-corrected chi connectivity index (χ0v) is 18.8. The van der Waals surface area contributed by atoms with Gasteiger partial charge in [0.25, 0.3) is 0 Å². The van der Waals surface area contributed by atoms with E-state index in [1.165, 1.54) is 4.31 Å². The number of hydrogen-bond acceptors (Lipinski definition) is 4. The van der Waals surface area contributed by atoms with Gasteiger partial charge in [0.2, 0.25) is 10.0 Å². The van der Waals surface area contributed by atoms with Gasteiger partial charge in [-0.1, -0.05) is 50.2 Å². The lowest BCUT2D eigenvalue weighted by Gasteiger charge is -2.42. The lowest BCUT2D eigenvalue weighted by Crippen LogP contribution is -2.56. The second kappa shape index (κ2) is 8.61. The number of nitrogens with one attached hydrogen (secondary N) is 1. The van der Waals surface area contributed by atoms with Crippen LogP contribution >= 0.6 is 0 Å². The average Bonchev–Trinajstić information content (AvgIpc) is 3.19. The van der Waals surface area contributed by atoms with Crippen molar-refractivity contribution in [2.24, 2.45) is 0 Å². The second-order valence-electron chi connectivity index (χ2n) is 8.34. The number of piperidine rings is 1. The Balaban J connectivity index is 1.46. The van der Waals surface area contributed by atoms with Gasteiger partial charge >= 0.3 is 6.03 Å². The van der Waals surface area contributed by atoms with E-state index in [1.807, 2.05) is 24.3 Å². The van der Waals surface area contributed by atoms with Crippen LogP contribution in [0.4, 0.5) is 10.5 Å². The molecule has 0 bridgehead atoms. The molecule has 0 aliphatic carbocycles. The molecule has 4 rings (SSSR count). The molecule has 8 heteroatoms. The second-order valence-corrected chi connectivity index (χ2v) is 10.2. The van der Waals surface area contributed by atoms with Crippen molar-refractivity contribution in [3.05, 3.63) is 60.2 Å². The van der Waals surface area contributed by atoms with Gasteiger partial charge in [-0.2, -0.15) is 4.31 Å². The van der Waals surface area contributed by atoms with E-state index in [0.717, 1.165) is 11.3 Å². The summed E-state index contributed by atoms with van der Waals surface area (Å²) in [6.07, 6.45) is 0.886. The van der Waals surface area contributed by atoms with Gasteiger partial charge in [0, 0.05) is 38.2 Å². The highest BCUT2D eigenvalue weighted by molar-refractivity contribution is 7.89. The molecule has 0 unspecified atom stereocenters. The monoisotopic (exact) mass is 443 g/mol. The smallest absolute Gasteiger partial charge is 0.321 e. The largest absolute Gasteiger partial charge is 0.358 e. The molecule has 1 N–H and O–H groups in total. The summed E-state index contributed by atoms with van der Waals surface area (Å²) in [5.41, 5.74) is 1.01. The number of nitrogens with zero attached hydrogens (tertiary/aromatic N) is 2. The molecule has 2 aliphatic rings. The SMILES string of the molecule is CC(C)c1ccccc1NC(=O)N1CCC2(CC1)OCCN2S(=O)(=O)c1ccccc1. The molecule has 166 valence electrons. The van der Waals surface area contributed by atoms with Crippen LogP contribution in [0.2, 0.25) is 0 Å². The molecule has 2 heterocycles. The number of carbonyl (C=O) groups is 1. The minimum atomic E-state index is -3.66. The van der Waals surface area contributed by atoms with E-state index in [2.05, 4.69) is 19.2 Å². The number of hydrogen-bond donors (Lipinski definition) is 1. The van der Waals surface area contributed by atoms with Crippen LogP contribution in [0.1, 0.15) is 38.2 Å². The number of ether oxygens (including phenoxy) is 1. The molecule has 0 aromatic heterocycles. The van der Waals surface area contributed by atoms with E-state index in [0.29, 0.717) is 45.0 Å². The Bertz CT molecular complexity index is 1030. The van der Waals surface area contributed by atoms with Crippen LogP contribution in [-0.4, -0.2) is 55.6 Å². The maximum atomic E-state index is 13.2. The van der Waals surface area contributed by atoms with Crippen LogP contribution in [0.25, 0.3) is 0 Å². The normalized spacial score (nSPS) is 19.1. The zero-order chi connectivity index (χ0) is 22.1. The van der Waals surface area contributed by atoms with Crippen LogP contribution in [0.3, 0.4) is 0 Å². The third-order valence-electron chi connectivity index (χ3n) is 6.11. The number of anilines is 1. The number of para-hydroxylation sites is 1. The van der Waals surface area contributed by atoms with E-state index in [9.17, 15) is 13.2 Å². The molecule has 0 atom stereocenters. The van der Waals surface area contributed by atoms with Crippen LogP contribution in [0, 0.1) is 0 Å². The lowest BCUT2D eigenvalue weighted by atomic mass is 10.0. The van der Waals surface area contributed by atoms with Crippen LogP contribution < -0.4 is 5.32 Å².